The molecule has 1 saturated heterocycles. The molecule has 0 aliphatic carbocycles. The van der Waals surface area contributed by atoms with E-state index in [-0.39, 0.29) is 28.2 Å². The number of aryl methyl sites for hydroxylation is 2. The summed E-state index contributed by atoms with van der Waals surface area (Å²) in [5.41, 5.74) is 6.63. The van der Waals surface area contributed by atoms with Gasteiger partial charge in [-0.25, -0.2) is 0 Å². The molecule has 2 aromatic rings. The fourth-order valence-corrected chi connectivity index (χ4v) is 6.72. The molecule has 2 aliphatic rings. The molecule has 8 heteroatoms. The van der Waals surface area contributed by atoms with Crippen molar-refractivity contribution in [1.29, 1.82) is 0 Å². The van der Waals surface area contributed by atoms with Crippen LogP contribution in [0.3, 0.4) is 0 Å². The van der Waals surface area contributed by atoms with Gasteiger partial charge in [-0.15, -0.1) is 5.76 Å². The summed E-state index contributed by atoms with van der Waals surface area (Å²) in [5, 5.41) is 15.2. The SMILES string of the molecule is Cc1cc(C)c(N2CCOCC2)c(C)c1C/C([O-])=C1/SC=C/C1=N\S(=O)(=O)c1ccc(C(C)(C)C)cc1. The number of rotatable bonds is 5. The fourth-order valence-electron chi connectivity index (χ4n) is 4.89. The highest BCUT2D eigenvalue weighted by Gasteiger charge is 2.22. The fraction of sp³-hybridized carbons (Fsp3) is 0.414. The van der Waals surface area contributed by atoms with Gasteiger partial charge in [0.2, 0.25) is 0 Å². The molecular formula is C29H35N2O4S2-. The number of benzene rings is 2. The quantitative estimate of drug-likeness (QED) is 0.500. The minimum Gasteiger partial charge on any atom is -0.874 e. The van der Waals surface area contributed by atoms with Crippen LogP contribution in [0.2, 0.25) is 0 Å². The van der Waals surface area contributed by atoms with E-state index in [4.69, 9.17) is 4.74 Å². The molecule has 0 bridgehead atoms. The summed E-state index contributed by atoms with van der Waals surface area (Å²) in [7, 11) is -3.96. The van der Waals surface area contributed by atoms with E-state index in [2.05, 4.69) is 50.0 Å². The van der Waals surface area contributed by atoms with Crippen LogP contribution < -0.4 is 10.0 Å². The number of morpholine rings is 1. The summed E-state index contributed by atoms with van der Waals surface area (Å²) >= 11 is 1.23. The van der Waals surface area contributed by atoms with Crippen molar-refractivity contribution in [2.75, 3.05) is 31.2 Å². The maximum absolute atomic E-state index is 13.5. The Morgan fingerprint density at radius 3 is 2.35 bits per heavy atom. The van der Waals surface area contributed by atoms with Crippen molar-refractivity contribution in [3.8, 4) is 0 Å². The second-order valence-corrected chi connectivity index (χ2v) is 13.2. The van der Waals surface area contributed by atoms with Crippen LogP contribution in [0.1, 0.15) is 48.6 Å². The van der Waals surface area contributed by atoms with E-state index in [0.29, 0.717) is 18.1 Å². The second kappa shape index (κ2) is 10.7. The molecule has 0 amide bonds. The average molecular weight is 540 g/mol. The van der Waals surface area contributed by atoms with Crippen molar-refractivity contribution < 1.29 is 18.3 Å². The van der Waals surface area contributed by atoms with Gasteiger partial charge >= 0.3 is 0 Å². The summed E-state index contributed by atoms with van der Waals surface area (Å²) in [6.07, 6.45) is 1.80. The third kappa shape index (κ3) is 5.97. The summed E-state index contributed by atoms with van der Waals surface area (Å²) in [4.78, 5) is 2.80. The van der Waals surface area contributed by atoms with Gasteiger partial charge in [0.25, 0.3) is 10.0 Å². The first kappa shape index (κ1) is 27.5. The molecule has 6 nitrogen and oxygen atoms in total. The Hall–Kier alpha value is -2.55. The first-order chi connectivity index (χ1) is 17.4. The molecule has 0 atom stereocenters. The average Bonchev–Trinajstić information content (AvgIpc) is 3.29. The molecule has 0 unspecified atom stereocenters. The van der Waals surface area contributed by atoms with Gasteiger partial charge in [0.05, 0.1) is 23.8 Å². The van der Waals surface area contributed by atoms with Crippen LogP contribution in [0.5, 0.6) is 0 Å². The van der Waals surface area contributed by atoms with E-state index < -0.39 is 10.0 Å². The Labute approximate surface area is 225 Å². The third-order valence-corrected chi connectivity index (χ3v) is 9.14. The summed E-state index contributed by atoms with van der Waals surface area (Å²) < 4.78 is 35.7. The van der Waals surface area contributed by atoms with E-state index in [1.54, 1.807) is 23.6 Å². The van der Waals surface area contributed by atoms with E-state index >= 15 is 0 Å². The van der Waals surface area contributed by atoms with E-state index in [1.165, 1.54) is 17.3 Å². The van der Waals surface area contributed by atoms with Gasteiger partial charge in [-0.1, -0.05) is 50.7 Å². The van der Waals surface area contributed by atoms with Crippen LogP contribution in [-0.2, 0) is 26.6 Å². The van der Waals surface area contributed by atoms with Crippen molar-refractivity contribution in [3.05, 3.63) is 80.3 Å². The molecule has 0 N–H and O–H groups in total. The molecule has 2 aliphatic heterocycles. The van der Waals surface area contributed by atoms with Gasteiger partial charge in [-0.2, -0.15) is 12.8 Å². The highest BCUT2D eigenvalue weighted by atomic mass is 32.2. The maximum atomic E-state index is 13.5. The van der Waals surface area contributed by atoms with Crippen LogP contribution in [0.15, 0.2) is 61.8 Å². The molecule has 0 aromatic heterocycles. The minimum absolute atomic E-state index is 0.0831. The lowest BCUT2D eigenvalue weighted by atomic mass is 9.87. The molecule has 0 spiro atoms. The van der Waals surface area contributed by atoms with Gasteiger partial charge in [0.15, 0.2) is 0 Å². The van der Waals surface area contributed by atoms with Gasteiger partial charge in [-0.05, 0) is 84.0 Å². The van der Waals surface area contributed by atoms with Crippen LogP contribution in [0.4, 0.5) is 5.69 Å². The first-order valence-electron chi connectivity index (χ1n) is 12.5. The minimum atomic E-state index is -3.96. The molecule has 0 saturated carbocycles. The molecule has 2 aromatic carbocycles. The van der Waals surface area contributed by atoms with Gasteiger partial charge in [-0.3, -0.25) is 0 Å². The van der Waals surface area contributed by atoms with Gasteiger partial charge in [0, 0.05) is 23.7 Å². The Balaban J connectivity index is 1.65. The largest absolute Gasteiger partial charge is 0.874 e. The molecule has 4 rings (SSSR count). The number of thioether (sulfide) groups is 1. The normalized spacial score (nSPS) is 19.1. The predicted octanol–water partition coefficient (Wildman–Crippen LogP) is 4.95. The van der Waals surface area contributed by atoms with Gasteiger partial charge < -0.3 is 14.7 Å². The second-order valence-electron chi connectivity index (χ2n) is 10.6. The molecule has 2 heterocycles. The number of hydrogen-bond donors (Lipinski definition) is 0. The zero-order valence-corrected chi connectivity index (χ0v) is 24.1. The monoisotopic (exact) mass is 539 g/mol. The number of ether oxygens (including phenoxy) is 1. The smallest absolute Gasteiger partial charge is 0.282 e. The van der Waals surface area contributed by atoms with E-state index in [0.717, 1.165) is 41.0 Å². The molecule has 1 fully saturated rings. The Morgan fingerprint density at radius 2 is 1.73 bits per heavy atom. The summed E-state index contributed by atoms with van der Waals surface area (Å²) in [5.74, 6) is -0.130. The number of sulfonamides is 1. The highest BCUT2D eigenvalue weighted by Crippen LogP contribution is 2.35. The lowest BCUT2D eigenvalue weighted by Gasteiger charge is -2.33. The van der Waals surface area contributed by atoms with Crippen molar-refractivity contribution in [3.63, 3.8) is 0 Å². The lowest BCUT2D eigenvalue weighted by molar-refractivity contribution is -0.305. The number of allylic oxidation sites excluding steroid dienone is 3. The predicted molar refractivity (Wildman–Crippen MR) is 151 cm³/mol. The molecular weight excluding hydrogens is 504 g/mol. The Bertz CT molecular complexity index is 1380. The van der Waals surface area contributed by atoms with Crippen LogP contribution in [0.25, 0.3) is 0 Å². The van der Waals surface area contributed by atoms with Crippen molar-refractivity contribution in [2.24, 2.45) is 4.40 Å². The van der Waals surface area contributed by atoms with Crippen LogP contribution in [-0.4, -0.2) is 40.4 Å². The standard InChI is InChI=1S/C29H36N2O4S2/c1-19-17-20(2)27(31-12-14-35-15-13-31)21(3)24(19)18-26(32)28-25(11-16-36-28)30-37(33,34)23-9-7-22(8-10-23)29(4,5)6/h7-11,16-17,32H,12-15,18H2,1-6H3/p-1/b28-26-,30-25+. The van der Waals surface area contributed by atoms with E-state index in [9.17, 15) is 13.5 Å². The molecule has 0 radical (unpaired) electrons. The van der Waals surface area contributed by atoms with Crippen molar-refractivity contribution in [2.45, 2.75) is 58.3 Å². The summed E-state index contributed by atoms with van der Waals surface area (Å²) in [6, 6.07) is 8.93. The number of hydrogen-bond acceptors (Lipinski definition) is 6. The lowest BCUT2D eigenvalue weighted by Crippen LogP contribution is -2.37. The van der Waals surface area contributed by atoms with E-state index in [1.807, 2.05) is 19.1 Å². The Kier molecular flexibility index (Phi) is 7.93. The highest BCUT2D eigenvalue weighted by molar-refractivity contribution is 8.07. The molecule has 37 heavy (non-hydrogen) atoms. The Morgan fingerprint density at radius 1 is 1.08 bits per heavy atom. The number of nitrogens with zero attached hydrogens (tertiary/aromatic N) is 2. The zero-order valence-electron chi connectivity index (χ0n) is 22.4. The topological polar surface area (TPSA) is 82.0 Å². The van der Waals surface area contributed by atoms with Gasteiger partial charge in [0.1, 0.15) is 0 Å². The third-order valence-electron chi connectivity index (χ3n) is 6.89. The summed E-state index contributed by atoms with van der Waals surface area (Å²) in [6.45, 7) is 15.4. The van der Waals surface area contributed by atoms with Crippen LogP contribution >= 0.6 is 11.8 Å². The van der Waals surface area contributed by atoms with Crippen molar-refractivity contribution in [1.82, 2.24) is 0 Å². The van der Waals surface area contributed by atoms with Crippen molar-refractivity contribution >= 4 is 33.2 Å². The maximum Gasteiger partial charge on any atom is 0.282 e. The number of anilines is 1. The molecule has 198 valence electrons. The zero-order chi connectivity index (χ0) is 27.0. The first-order valence-corrected chi connectivity index (χ1v) is 14.8. The van der Waals surface area contributed by atoms with Crippen LogP contribution in [0, 0.1) is 20.8 Å².